The van der Waals surface area contributed by atoms with Gasteiger partial charge in [-0.15, -0.1) is 11.8 Å². The SMILES string of the molecule is OCc1c(Cl)cccc1SCC(O)CO. The molecular weight excluding hydrogens is 236 g/mol. The molecule has 0 saturated carbocycles. The van der Waals surface area contributed by atoms with E-state index in [2.05, 4.69) is 0 Å². The first-order valence-electron chi connectivity index (χ1n) is 4.49. The molecule has 0 radical (unpaired) electrons. The van der Waals surface area contributed by atoms with Gasteiger partial charge in [0.15, 0.2) is 0 Å². The van der Waals surface area contributed by atoms with Gasteiger partial charge < -0.3 is 15.3 Å². The van der Waals surface area contributed by atoms with Crippen molar-refractivity contribution in [3.8, 4) is 0 Å². The van der Waals surface area contributed by atoms with E-state index in [1.54, 1.807) is 12.1 Å². The van der Waals surface area contributed by atoms with Crippen LogP contribution in [0.15, 0.2) is 23.1 Å². The summed E-state index contributed by atoms with van der Waals surface area (Å²) in [6, 6.07) is 5.32. The minimum absolute atomic E-state index is 0.128. The van der Waals surface area contributed by atoms with Gasteiger partial charge in [-0.25, -0.2) is 0 Å². The number of thioether (sulfide) groups is 1. The van der Waals surface area contributed by atoms with Crippen LogP contribution < -0.4 is 0 Å². The van der Waals surface area contributed by atoms with Crippen LogP contribution in [0.5, 0.6) is 0 Å². The van der Waals surface area contributed by atoms with E-state index in [1.807, 2.05) is 6.07 Å². The van der Waals surface area contributed by atoms with Crippen molar-refractivity contribution in [2.75, 3.05) is 12.4 Å². The van der Waals surface area contributed by atoms with Crippen LogP contribution >= 0.6 is 23.4 Å². The van der Waals surface area contributed by atoms with Crippen molar-refractivity contribution in [1.82, 2.24) is 0 Å². The predicted molar refractivity (Wildman–Crippen MR) is 61.2 cm³/mol. The summed E-state index contributed by atoms with van der Waals surface area (Å²) in [5.41, 5.74) is 0.661. The molecule has 3 N–H and O–H groups in total. The molecule has 1 aromatic rings. The van der Waals surface area contributed by atoms with Gasteiger partial charge in [-0.2, -0.15) is 0 Å². The summed E-state index contributed by atoms with van der Waals surface area (Å²) in [5, 5.41) is 27.5. The second-order valence-corrected chi connectivity index (χ2v) is 4.49. The average molecular weight is 249 g/mol. The molecule has 0 aliphatic rings. The molecule has 0 amide bonds. The van der Waals surface area contributed by atoms with Crippen LogP contribution in [0.4, 0.5) is 0 Å². The maximum atomic E-state index is 9.19. The fourth-order valence-corrected chi connectivity index (χ4v) is 2.36. The molecule has 0 aliphatic carbocycles. The van der Waals surface area contributed by atoms with Gasteiger partial charge in [-0.3, -0.25) is 0 Å². The molecule has 0 saturated heterocycles. The van der Waals surface area contributed by atoms with Crippen LogP contribution in [-0.4, -0.2) is 33.8 Å². The average Bonchev–Trinajstić information content (AvgIpc) is 2.25. The first-order chi connectivity index (χ1) is 7.19. The summed E-state index contributed by atoms with van der Waals surface area (Å²) in [6.07, 6.45) is -0.750. The van der Waals surface area contributed by atoms with Gasteiger partial charge in [0.05, 0.1) is 19.3 Å². The monoisotopic (exact) mass is 248 g/mol. The van der Waals surface area contributed by atoms with Crippen molar-refractivity contribution in [1.29, 1.82) is 0 Å². The van der Waals surface area contributed by atoms with Crippen LogP contribution in [0.1, 0.15) is 5.56 Å². The zero-order chi connectivity index (χ0) is 11.3. The standard InChI is InChI=1S/C10H13ClO3S/c11-9-2-1-3-10(8(9)5-13)15-6-7(14)4-12/h1-3,7,12-14H,4-6H2. The van der Waals surface area contributed by atoms with E-state index in [0.29, 0.717) is 16.3 Å². The van der Waals surface area contributed by atoms with Gasteiger partial charge in [0.1, 0.15) is 0 Å². The number of hydrogen-bond acceptors (Lipinski definition) is 4. The molecule has 15 heavy (non-hydrogen) atoms. The smallest absolute Gasteiger partial charge is 0.0864 e. The van der Waals surface area contributed by atoms with E-state index in [9.17, 15) is 5.11 Å². The summed E-state index contributed by atoms with van der Waals surface area (Å²) in [4.78, 5) is 0.831. The minimum Gasteiger partial charge on any atom is -0.394 e. The Hall–Kier alpha value is -0.260. The van der Waals surface area contributed by atoms with Crippen LogP contribution in [0.3, 0.4) is 0 Å². The van der Waals surface area contributed by atoms with Crippen molar-refractivity contribution < 1.29 is 15.3 Å². The van der Waals surface area contributed by atoms with Crippen molar-refractivity contribution in [2.24, 2.45) is 0 Å². The van der Waals surface area contributed by atoms with Crippen molar-refractivity contribution in [3.05, 3.63) is 28.8 Å². The highest BCUT2D eigenvalue weighted by molar-refractivity contribution is 7.99. The summed E-state index contributed by atoms with van der Waals surface area (Å²) < 4.78 is 0. The van der Waals surface area contributed by atoms with Crippen molar-refractivity contribution in [2.45, 2.75) is 17.6 Å². The van der Waals surface area contributed by atoms with E-state index in [1.165, 1.54) is 11.8 Å². The molecule has 5 heteroatoms. The zero-order valence-corrected chi connectivity index (χ0v) is 9.63. The van der Waals surface area contributed by atoms with Gasteiger partial charge in [0, 0.05) is 21.2 Å². The molecule has 0 heterocycles. The Kier molecular flexibility index (Phi) is 5.42. The highest BCUT2D eigenvalue weighted by Gasteiger charge is 2.08. The Balaban J connectivity index is 2.72. The fraction of sp³-hybridized carbons (Fsp3) is 0.400. The first-order valence-corrected chi connectivity index (χ1v) is 5.85. The second kappa shape index (κ2) is 6.35. The summed E-state index contributed by atoms with van der Waals surface area (Å²) in [5.74, 6) is 0.379. The molecule has 0 bridgehead atoms. The van der Waals surface area contributed by atoms with Crippen LogP contribution in [0, 0.1) is 0 Å². The van der Waals surface area contributed by atoms with Crippen molar-refractivity contribution in [3.63, 3.8) is 0 Å². The van der Waals surface area contributed by atoms with E-state index in [-0.39, 0.29) is 13.2 Å². The summed E-state index contributed by atoms with van der Waals surface area (Å²) in [7, 11) is 0. The topological polar surface area (TPSA) is 60.7 Å². The molecule has 84 valence electrons. The third kappa shape index (κ3) is 3.66. The van der Waals surface area contributed by atoms with Crippen LogP contribution in [0.2, 0.25) is 5.02 Å². The normalized spacial score (nSPS) is 12.8. The first kappa shape index (κ1) is 12.8. The molecule has 1 aromatic carbocycles. The lowest BCUT2D eigenvalue weighted by molar-refractivity contribution is 0.113. The molecule has 1 atom stereocenters. The predicted octanol–water partition coefficient (Wildman–Crippen LogP) is 1.28. The lowest BCUT2D eigenvalue weighted by Gasteiger charge is -2.10. The highest BCUT2D eigenvalue weighted by atomic mass is 35.5. The number of rotatable bonds is 5. The summed E-state index contributed by atoms with van der Waals surface area (Å²) in [6.45, 7) is -0.390. The lowest BCUT2D eigenvalue weighted by atomic mass is 10.2. The number of hydrogen-bond donors (Lipinski definition) is 3. The van der Waals surface area contributed by atoms with E-state index < -0.39 is 6.10 Å². The molecule has 0 aromatic heterocycles. The van der Waals surface area contributed by atoms with Crippen molar-refractivity contribution >= 4 is 23.4 Å². The van der Waals surface area contributed by atoms with Crippen LogP contribution in [0.25, 0.3) is 0 Å². The molecule has 0 fully saturated rings. The van der Waals surface area contributed by atoms with E-state index in [0.717, 1.165) is 4.90 Å². The molecular formula is C10H13ClO3S. The Morgan fingerprint density at radius 2 is 2.07 bits per heavy atom. The molecule has 1 unspecified atom stereocenters. The minimum atomic E-state index is -0.750. The number of benzene rings is 1. The largest absolute Gasteiger partial charge is 0.394 e. The van der Waals surface area contributed by atoms with Gasteiger partial charge in [-0.05, 0) is 12.1 Å². The van der Waals surface area contributed by atoms with Crippen LogP contribution in [-0.2, 0) is 6.61 Å². The Morgan fingerprint density at radius 1 is 1.33 bits per heavy atom. The number of aliphatic hydroxyl groups excluding tert-OH is 3. The van der Waals surface area contributed by atoms with Gasteiger partial charge >= 0.3 is 0 Å². The number of aliphatic hydroxyl groups is 3. The maximum Gasteiger partial charge on any atom is 0.0864 e. The third-order valence-electron chi connectivity index (χ3n) is 1.88. The van der Waals surface area contributed by atoms with Gasteiger partial charge in [0.2, 0.25) is 0 Å². The van der Waals surface area contributed by atoms with E-state index in [4.69, 9.17) is 21.8 Å². The molecule has 0 spiro atoms. The second-order valence-electron chi connectivity index (χ2n) is 3.02. The Morgan fingerprint density at radius 3 is 2.67 bits per heavy atom. The van der Waals surface area contributed by atoms with Gasteiger partial charge in [-0.1, -0.05) is 17.7 Å². The zero-order valence-electron chi connectivity index (χ0n) is 8.06. The maximum absolute atomic E-state index is 9.19. The molecule has 0 aliphatic heterocycles. The third-order valence-corrected chi connectivity index (χ3v) is 3.47. The quantitative estimate of drug-likeness (QED) is 0.687. The number of halogens is 1. The summed E-state index contributed by atoms with van der Waals surface area (Å²) >= 11 is 7.26. The Bertz CT molecular complexity index is 320. The molecule has 1 rings (SSSR count). The van der Waals surface area contributed by atoms with Gasteiger partial charge in [0.25, 0.3) is 0 Å². The fourth-order valence-electron chi connectivity index (χ4n) is 1.07. The highest BCUT2D eigenvalue weighted by Crippen LogP contribution is 2.28. The van der Waals surface area contributed by atoms with E-state index >= 15 is 0 Å². The molecule has 3 nitrogen and oxygen atoms in total. The lowest BCUT2D eigenvalue weighted by Crippen LogP contribution is -2.14. The Labute approximate surface area is 97.7 Å².